The molecule has 0 heterocycles. The molecule has 0 aliphatic carbocycles. The highest BCUT2D eigenvalue weighted by atomic mass is 32.2. The molecule has 0 radical (unpaired) electrons. The smallest absolute Gasteiger partial charge is 0.251 e. The normalized spacial score (nSPS) is 11.7. The van der Waals surface area contributed by atoms with Crippen molar-refractivity contribution in [1.29, 1.82) is 0 Å². The minimum Gasteiger partial charge on any atom is -0.340 e. The van der Waals surface area contributed by atoms with Crippen molar-refractivity contribution in [2.45, 2.75) is 32.9 Å². The summed E-state index contributed by atoms with van der Waals surface area (Å²) in [6.07, 6.45) is 2.61. The van der Waals surface area contributed by atoms with Gasteiger partial charge in [-0.15, -0.1) is 0 Å². The van der Waals surface area contributed by atoms with Crippen molar-refractivity contribution in [3.05, 3.63) is 70.8 Å². The quantitative estimate of drug-likeness (QED) is 0.753. The lowest BCUT2D eigenvalue weighted by Crippen LogP contribution is -2.47. The minimum absolute atomic E-state index is 0.0642. The molecule has 0 saturated carbocycles. The zero-order chi connectivity index (χ0) is 19.8. The predicted molar refractivity (Wildman–Crippen MR) is 113 cm³/mol. The lowest BCUT2D eigenvalue weighted by Gasteiger charge is -2.25. The molecule has 2 amide bonds. The molecule has 0 saturated heterocycles. The maximum absolute atomic E-state index is 13.0. The van der Waals surface area contributed by atoms with Gasteiger partial charge in [0, 0.05) is 19.2 Å². The molecule has 144 valence electrons. The predicted octanol–water partition coefficient (Wildman–Crippen LogP) is 3.81. The Morgan fingerprint density at radius 3 is 2.41 bits per heavy atom. The van der Waals surface area contributed by atoms with E-state index in [-0.39, 0.29) is 11.8 Å². The van der Waals surface area contributed by atoms with E-state index >= 15 is 0 Å². The molecule has 2 aromatic rings. The van der Waals surface area contributed by atoms with Gasteiger partial charge in [0.15, 0.2) is 0 Å². The lowest BCUT2D eigenvalue weighted by molar-refractivity contribution is -0.132. The zero-order valence-electron chi connectivity index (χ0n) is 16.5. The Labute approximate surface area is 166 Å². The Hall–Kier alpha value is -2.27. The standard InChI is InChI=1S/C22H28N2O2S/c1-16-8-10-18(11-9-16)15-24(3)22(26)20(12-13-27-4)23-21(25)19-7-5-6-17(2)14-19/h5-11,14,20H,12-13,15H2,1-4H3,(H,23,25)/t20-/m1/s1. The van der Waals surface area contributed by atoms with Gasteiger partial charge < -0.3 is 10.2 Å². The van der Waals surface area contributed by atoms with Gasteiger partial charge in [0.05, 0.1) is 0 Å². The van der Waals surface area contributed by atoms with Crippen LogP contribution in [0.1, 0.15) is 33.5 Å². The summed E-state index contributed by atoms with van der Waals surface area (Å²) < 4.78 is 0. The van der Waals surface area contributed by atoms with Crippen LogP contribution in [0.3, 0.4) is 0 Å². The maximum atomic E-state index is 13.0. The third-order valence-electron chi connectivity index (χ3n) is 4.41. The molecule has 2 rings (SSSR count). The van der Waals surface area contributed by atoms with Crippen molar-refractivity contribution in [1.82, 2.24) is 10.2 Å². The second-order valence-electron chi connectivity index (χ2n) is 6.86. The minimum atomic E-state index is -0.527. The highest BCUT2D eigenvalue weighted by Gasteiger charge is 2.24. The van der Waals surface area contributed by atoms with E-state index < -0.39 is 6.04 Å². The van der Waals surface area contributed by atoms with Gasteiger partial charge in [0.2, 0.25) is 5.91 Å². The van der Waals surface area contributed by atoms with Crippen molar-refractivity contribution in [3.63, 3.8) is 0 Å². The van der Waals surface area contributed by atoms with Crippen LogP contribution in [0.15, 0.2) is 48.5 Å². The molecular formula is C22H28N2O2S. The second kappa shape index (κ2) is 10.2. The molecule has 1 N–H and O–H groups in total. The first-order valence-corrected chi connectivity index (χ1v) is 10.5. The average Bonchev–Trinajstić information content (AvgIpc) is 2.66. The molecule has 4 nitrogen and oxygen atoms in total. The summed E-state index contributed by atoms with van der Waals surface area (Å²) in [6.45, 7) is 4.51. The number of benzene rings is 2. The first-order chi connectivity index (χ1) is 12.9. The van der Waals surface area contributed by atoms with Gasteiger partial charge in [-0.2, -0.15) is 11.8 Å². The van der Waals surface area contributed by atoms with Crippen molar-refractivity contribution < 1.29 is 9.59 Å². The Kier molecular flexibility index (Phi) is 7.92. The van der Waals surface area contributed by atoms with Crippen LogP contribution < -0.4 is 5.32 Å². The van der Waals surface area contributed by atoms with Crippen molar-refractivity contribution in [2.24, 2.45) is 0 Å². The summed E-state index contributed by atoms with van der Waals surface area (Å²) in [7, 11) is 1.78. The van der Waals surface area contributed by atoms with Gasteiger partial charge in [0.25, 0.3) is 5.91 Å². The van der Waals surface area contributed by atoms with Crippen LogP contribution in [0, 0.1) is 13.8 Å². The number of thioether (sulfide) groups is 1. The Morgan fingerprint density at radius 1 is 1.07 bits per heavy atom. The summed E-state index contributed by atoms with van der Waals surface area (Å²) in [5.74, 6) is 0.538. The number of aryl methyl sites for hydroxylation is 2. The fourth-order valence-electron chi connectivity index (χ4n) is 2.83. The van der Waals surface area contributed by atoms with Crippen LogP contribution in [-0.2, 0) is 11.3 Å². The van der Waals surface area contributed by atoms with E-state index in [1.54, 1.807) is 29.8 Å². The van der Waals surface area contributed by atoms with Crippen molar-refractivity contribution in [2.75, 3.05) is 19.1 Å². The fraction of sp³-hybridized carbons (Fsp3) is 0.364. The molecule has 0 spiro atoms. The number of hydrogen-bond acceptors (Lipinski definition) is 3. The molecular weight excluding hydrogens is 356 g/mol. The highest BCUT2D eigenvalue weighted by Crippen LogP contribution is 2.11. The van der Waals surface area contributed by atoms with Crippen LogP contribution in [-0.4, -0.2) is 41.8 Å². The van der Waals surface area contributed by atoms with Gasteiger partial charge in [-0.3, -0.25) is 9.59 Å². The molecule has 0 aliphatic heterocycles. The Balaban J connectivity index is 2.07. The zero-order valence-corrected chi connectivity index (χ0v) is 17.3. The number of nitrogens with zero attached hydrogens (tertiary/aromatic N) is 1. The molecule has 0 aliphatic rings. The molecule has 0 unspecified atom stereocenters. The number of hydrogen-bond donors (Lipinski definition) is 1. The molecule has 5 heteroatoms. The average molecular weight is 385 g/mol. The van der Waals surface area contributed by atoms with E-state index in [1.807, 2.05) is 62.6 Å². The molecule has 1 atom stereocenters. The lowest BCUT2D eigenvalue weighted by atomic mass is 10.1. The summed E-state index contributed by atoms with van der Waals surface area (Å²) >= 11 is 1.67. The van der Waals surface area contributed by atoms with Crippen LogP contribution in [0.4, 0.5) is 0 Å². The van der Waals surface area contributed by atoms with E-state index in [2.05, 4.69) is 5.32 Å². The van der Waals surface area contributed by atoms with Crippen LogP contribution in [0.2, 0.25) is 0 Å². The third-order valence-corrected chi connectivity index (χ3v) is 5.05. The van der Waals surface area contributed by atoms with Crippen molar-refractivity contribution in [3.8, 4) is 0 Å². The maximum Gasteiger partial charge on any atom is 0.251 e. The molecule has 0 bridgehead atoms. The second-order valence-corrected chi connectivity index (χ2v) is 7.84. The van der Waals surface area contributed by atoms with Crippen LogP contribution in [0.25, 0.3) is 0 Å². The first kappa shape index (κ1) is 21.0. The summed E-state index contributed by atoms with van der Waals surface area (Å²) in [4.78, 5) is 27.2. The van der Waals surface area contributed by atoms with E-state index in [0.717, 1.165) is 16.9 Å². The van der Waals surface area contributed by atoms with E-state index in [4.69, 9.17) is 0 Å². The van der Waals surface area contributed by atoms with Gasteiger partial charge >= 0.3 is 0 Å². The Morgan fingerprint density at radius 2 is 1.78 bits per heavy atom. The summed E-state index contributed by atoms with van der Waals surface area (Å²) in [5.41, 5.74) is 3.87. The van der Waals surface area contributed by atoms with E-state index in [0.29, 0.717) is 18.5 Å². The summed E-state index contributed by atoms with van der Waals surface area (Å²) in [5, 5.41) is 2.93. The molecule has 2 aromatic carbocycles. The van der Waals surface area contributed by atoms with Gasteiger partial charge in [-0.05, 0) is 50.0 Å². The monoisotopic (exact) mass is 384 g/mol. The van der Waals surface area contributed by atoms with Gasteiger partial charge in [-0.1, -0.05) is 47.5 Å². The van der Waals surface area contributed by atoms with Crippen LogP contribution in [0.5, 0.6) is 0 Å². The number of likely N-dealkylation sites (N-methyl/N-ethyl adjacent to an activating group) is 1. The van der Waals surface area contributed by atoms with E-state index in [9.17, 15) is 9.59 Å². The number of carbonyl (C=O) groups excluding carboxylic acids is 2. The Bertz CT molecular complexity index is 774. The number of nitrogens with one attached hydrogen (secondary N) is 1. The molecule has 0 fully saturated rings. The van der Waals surface area contributed by atoms with E-state index in [1.165, 1.54) is 5.56 Å². The van der Waals surface area contributed by atoms with Crippen molar-refractivity contribution >= 4 is 23.6 Å². The number of rotatable bonds is 8. The van der Waals surface area contributed by atoms with Gasteiger partial charge in [0.1, 0.15) is 6.04 Å². The SMILES string of the molecule is CSCC[C@@H](NC(=O)c1cccc(C)c1)C(=O)N(C)Cc1ccc(C)cc1. The number of carbonyl (C=O) groups is 2. The number of amides is 2. The fourth-order valence-corrected chi connectivity index (χ4v) is 3.30. The first-order valence-electron chi connectivity index (χ1n) is 9.07. The third kappa shape index (κ3) is 6.43. The highest BCUT2D eigenvalue weighted by molar-refractivity contribution is 7.98. The van der Waals surface area contributed by atoms with Gasteiger partial charge in [-0.25, -0.2) is 0 Å². The molecule has 27 heavy (non-hydrogen) atoms. The topological polar surface area (TPSA) is 49.4 Å². The largest absolute Gasteiger partial charge is 0.340 e. The van der Waals surface area contributed by atoms with Crippen LogP contribution >= 0.6 is 11.8 Å². The molecule has 0 aromatic heterocycles. The summed E-state index contributed by atoms with van der Waals surface area (Å²) in [6, 6.07) is 15.0.